The van der Waals surface area contributed by atoms with Gasteiger partial charge in [-0.15, -0.1) is 0 Å². The average molecular weight is 237 g/mol. The first-order valence-electron chi connectivity index (χ1n) is 5.02. The standard InChI is InChI=1S/C10H11N3O4/c1-6(5-14)11-10-12-8-4-7(13(15)16)2-3-9(8)17-10/h2-4,6,14H,5H2,1H3,(H,11,12). The van der Waals surface area contributed by atoms with Crippen LogP contribution in [0.4, 0.5) is 11.7 Å². The minimum atomic E-state index is -0.489. The SMILES string of the molecule is CC(CO)Nc1nc2cc([N+](=O)[O-])ccc2o1. The number of nitrogens with one attached hydrogen (secondary N) is 1. The number of nitro groups is 1. The normalized spacial score (nSPS) is 12.6. The second-order valence-electron chi connectivity index (χ2n) is 3.66. The molecule has 1 atom stereocenters. The molecular weight excluding hydrogens is 226 g/mol. The van der Waals surface area contributed by atoms with Gasteiger partial charge in [-0.05, 0) is 13.0 Å². The summed E-state index contributed by atoms with van der Waals surface area (Å²) in [7, 11) is 0. The van der Waals surface area contributed by atoms with Gasteiger partial charge in [0.1, 0.15) is 5.52 Å². The first-order chi connectivity index (χ1) is 8.10. The molecule has 7 nitrogen and oxygen atoms in total. The van der Waals surface area contributed by atoms with Crippen molar-refractivity contribution in [3.05, 3.63) is 28.3 Å². The van der Waals surface area contributed by atoms with Gasteiger partial charge in [0.25, 0.3) is 11.7 Å². The zero-order valence-electron chi connectivity index (χ0n) is 9.08. The first-order valence-corrected chi connectivity index (χ1v) is 5.02. The van der Waals surface area contributed by atoms with Crippen LogP contribution in [0.2, 0.25) is 0 Å². The van der Waals surface area contributed by atoms with E-state index in [0.717, 1.165) is 0 Å². The van der Waals surface area contributed by atoms with E-state index < -0.39 is 4.92 Å². The van der Waals surface area contributed by atoms with E-state index in [-0.39, 0.29) is 24.4 Å². The first kappa shape index (κ1) is 11.3. The second kappa shape index (κ2) is 4.38. The summed E-state index contributed by atoms with van der Waals surface area (Å²) in [6.45, 7) is 1.70. The molecule has 0 radical (unpaired) electrons. The van der Waals surface area contributed by atoms with Crippen LogP contribution in [0.25, 0.3) is 11.1 Å². The van der Waals surface area contributed by atoms with Crippen LogP contribution < -0.4 is 5.32 Å². The van der Waals surface area contributed by atoms with Crippen molar-refractivity contribution in [3.63, 3.8) is 0 Å². The Morgan fingerprint density at radius 3 is 3.06 bits per heavy atom. The maximum Gasteiger partial charge on any atom is 0.295 e. The zero-order chi connectivity index (χ0) is 12.4. The summed E-state index contributed by atoms with van der Waals surface area (Å²) in [4.78, 5) is 14.1. The summed E-state index contributed by atoms with van der Waals surface area (Å²) in [5.74, 6) is 0. The molecule has 90 valence electrons. The van der Waals surface area contributed by atoms with E-state index >= 15 is 0 Å². The molecule has 0 aliphatic rings. The Hall–Kier alpha value is -2.15. The number of nitrogens with zero attached hydrogens (tertiary/aromatic N) is 2. The molecule has 2 aromatic rings. The van der Waals surface area contributed by atoms with Crippen LogP contribution in [0.3, 0.4) is 0 Å². The lowest BCUT2D eigenvalue weighted by Crippen LogP contribution is -2.19. The fraction of sp³-hybridized carbons (Fsp3) is 0.300. The third kappa shape index (κ3) is 2.34. The predicted molar refractivity (Wildman–Crippen MR) is 60.8 cm³/mol. The highest BCUT2D eigenvalue weighted by Crippen LogP contribution is 2.23. The second-order valence-corrected chi connectivity index (χ2v) is 3.66. The van der Waals surface area contributed by atoms with Crippen molar-refractivity contribution in [1.82, 2.24) is 4.98 Å². The third-order valence-electron chi connectivity index (χ3n) is 2.23. The minimum Gasteiger partial charge on any atom is -0.424 e. The summed E-state index contributed by atoms with van der Waals surface area (Å²) in [6.07, 6.45) is 0. The van der Waals surface area contributed by atoms with Crippen molar-refractivity contribution in [2.24, 2.45) is 0 Å². The Balaban J connectivity index is 2.33. The Kier molecular flexibility index (Phi) is 2.92. The summed E-state index contributed by atoms with van der Waals surface area (Å²) in [5, 5.41) is 22.3. The van der Waals surface area contributed by atoms with Gasteiger partial charge in [-0.25, -0.2) is 0 Å². The fourth-order valence-corrected chi connectivity index (χ4v) is 1.35. The molecular formula is C10H11N3O4. The van der Waals surface area contributed by atoms with Crippen molar-refractivity contribution in [3.8, 4) is 0 Å². The van der Waals surface area contributed by atoms with Gasteiger partial charge in [-0.2, -0.15) is 4.98 Å². The van der Waals surface area contributed by atoms with Crippen LogP contribution in [0.5, 0.6) is 0 Å². The van der Waals surface area contributed by atoms with Gasteiger partial charge >= 0.3 is 0 Å². The largest absolute Gasteiger partial charge is 0.424 e. The number of oxazole rings is 1. The van der Waals surface area contributed by atoms with Gasteiger partial charge in [0, 0.05) is 12.1 Å². The van der Waals surface area contributed by atoms with E-state index in [1.165, 1.54) is 18.2 Å². The van der Waals surface area contributed by atoms with E-state index in [0.29, 0.717) is 11.1 Å². The zero-order valence-corrected chi connectivity index (χ0v) is 9.08. The number of fused-ring (bicyclic) bond motifs is 1. The number of aliphatic hydroxyl groups excluding tert-OH is 1. The van der Waals surface area contributed by atoms with E-state index in [4.69, 9.17) is 9.52 Å². The molecule has 2 N–H and O–H groups in total. The predicted octanol–water partition coefficient (Wildman–Crippen LogP) is 1.53. The third-order valence-corrected chi connectivity index (χ3v) is 2.23. The molecule has 0 saturated heterocycles. The fourth-order valence-electron chi connectivity index (χ4n) is 1.35. The Morgan fingerprint density at radius 1 is 1.65 bits per heavy atom. The molecule has 7 heteroatoms. The number of aliphatic hydroxyl groups is 1. The number of hydrogen-bond donors (Lipinski definition) is 2. The maximum absolute atomic E-state index is 10.6. The lowest BCUT2D eigenvalue weighted by molar-refractivity contribution is -0.384. The molecule has 2 rings (SSSR count). The Labute approximate surface area is 96.2 Å². The monoisotopic (exact) mass is 237 g/mol. The summed E-state index contributed by atoms with van der Waals surface area (Å²) in [6, 6.07) is 4.23. The van der Waals surface area contributed by atoms with Crippen molar-refractivity contribution in [2.45, 2.75) is 13.0 Å². The number of anilines is 1. The molecule has 0 aliphatic carbocycles. The van der Waals surface area contributed by atoms with Crippen molar-refractivity contribution < 1.29 is 14.4 Å². The number of rotatable bonds is 4. The molecule has 17 heavy (non-hydrogen) atoms. The highest BCUT2D eigenvalue weighted by molar-refractivity contribution is 5.77. The summed E-state index contributed by atoms with van der Waals surface area (Å²) < 4.78 is 5.32. The molecule has 0 saturated carbocycles. The lowest BCUT2D eigenvalue weighted by Gasteiger charge is -2.06. The van der Waals surface area contributed by atoms with Crippen LogP contribution >= 0.6 is 0 Å². The number of benzene rings is 1. The van der Waals surface area contributed by atoms with E-state index in [1.54, 1.807) is 6.92 Å². The van der Waals surface area contributed by atoms with Gasteiger partial charge in [0.2, 0.25) is 0 Å². The van der Waals surface area contributed by atoms with Gasteiger partial charge in [0.15, 0.2) is 5.58 Å². The number of non-ortho nitro benzene ring substituents is 1. The van der Waals surface area contributed by atoms with Crippen LogP contribution in [0, 0.1) is 10.1 Å². The van der Waals surface area contributed by atoms with Crippen molar-refractivity contribution in [2.75, 3.05) is 11.9 Å². The summed E-state index contributed by atoms with van der Waals surface area (Å²) in [5.41, 5.74) is 0.836. The molecule has 1 aromatic carbocycles. The minimum absolute atomic E-state index is 0.0347. The molecule has 1 unspecified atom stereocenters. The molecule has 1 aromatic heterocycles. The van der Waals surface area contributed by atoms with Crippen LogP contribution in [-0.4, -0.2) is 27.7 Å². The quantitative estimate of drug-likeness (QED) is 0.617. The molecule has 0 fully saturated rings. The highest BCUT2D eigenvalue weighted by atomic mass is 16.6. The lowest BCUT2D eigenvalue weighted by atomic mass is 10.3. The average Bonchev–Trinajstić information content (AvgIpc) is 2.69. The van der Waals surface area contributed by atoms with Crippen LogP contribution in [-0.2, 0) is 0 Å². The molecule has 0 amide bonds. The van der Waals surface area contributed by atoms with E-state index in [1.807, 2.05) is 0 Å². The van der Waals surface area contributed by atoms with E-state index in [2.05, 4.69) is 10.3 Å². The van der Waals surface area contributed by atoms with E-state index in [9.17, 15) is 10.1 Å². The molecule has 0 bridgehead atoms. The highest BCUT2D eigenvalue weighted by Gasteiger charge is 2.12. The number of nitro benzene ring substituents is 1. The molecule has 1 heterocycles. The summed E-state index contributed by atoms with van der Waals surface area (Å²) >= 11 is 0. The smallest absolute Gasteiger partial charge is 0.295 e. The molecule has 0 spiro atoms. The molecule has 0 aliphatic heterocycles. The van der Waals surface area contributed by atoms with Gasteiger partial charge in [0.05, 0.1) is 17.6 Å². The van der Waals surface area contributed by atoms with Crippen LogP contribution in [0.15, 0.2) is 22.6 Å². The number of aromatic nitrogens is 1. The topological polar surface area (TPSA) is 101 Å². The van der Waals surface area contributed by atoms with Crippen LogP contribution in [0.1, 0.15) is 6.92 Å². The Bertz CT molecular complexity index is 551. The van der Waals surface area contributed by atoms with Gasteiger partial charge < -0.3 is 14.8 Å². The van der Waals surface area contributed by atoms with Gasteiger partial charge in [-0.3, -0.25) is 10.1 Å². The Morgan fingerprint density at radius 2 is 2.41 bits per heavy atom. The van der Waals surface area contributed by atoms with Gasteiger partial charge in [-0.1, -0.05) is 0 Å². The van der Waals surface area contributed by atoms with Crippen molar-refractivity contribution >= 4 is 22.8 Å². The van der Waals surface area contributed by atoms with Crippen molar-refractivity contribution in [1.29, 1.82) is 0 Å². The number of hydrogen-bond acceptors (Lipinski definition) is 6. The maximum atomic E-state index is 10.6.